The maximum Gasteiger partial charge on any atom is 0.236 e. The van der Waals surface area contributed by atoms with E-state index in [0.717, 1.165) is 25.7 Å². The van der Waals surface area contributed by atoms with Crippen LogP contribution in [0.5, 0.6) is 0 Å². The van der Waals surface area contributed by atoms with Crippen LogP contribution >= 0.6 is 0 Å². The van der Waals surface area contributed by atoms with Crippen molar-refractivity contribution in [3.05, 3.63) is 0 Å². The highest BCUT2D eigenvalue weighted by Crippen LogP contribution is 2.38. The van der Waals surface area contributed by atoms with Gasteiger partial charge in [-0.1, -0.05) is 30.8 Å². The van der Waals surface area contributed by atoms with Crippen LogP contribution in [0.4, 0.5) is 0 Å². The second-order valence-electron chi connectivity index (χ2n) is 6.43. The number of carbonyl (C=O) groups is 1. The standard InChI is InChI=1S/C15H27N3O3/c1-11-10-21-12(2)9-18(11)14(19)15(13(16)17-20)7-5-3-4-6-8-15/h11-12,20H,3-10H2,1-2H3,(H2,16,17). The highest BCUT2D eigenvalue weighted by Gasteiger charge is 2.47. The highest BCUT2D eigenvalue weighted by atomic mass is 16.5. The number of amides is 1. The molecule has 21 heavy (non-hydrogen) atoms. The molecule has 1 aliphatic heterocycles. The van der Waals surface area contributed by atoms with Gasteiger partial charge in [-0.2, -0.15) is 0 Å². The molecular weight excluding hydrogens is 270 g/mol. The van der Waals surface area contributed by atoms with Crippen molar-refractivity contribution in [2.45, 2.75) is 64.5 Å². The molecule has 2 unspecified atom stereocenters. The molecule has 0 aromatic rings. The molecule has 1 amide bonds. The molecule has 3 N–H and O–H groups in total. The lowest BCUT2D eigenvalue weighted by atomic mass is 9.77. The van der Waals surface area contributed by atoms with Gasteiger partial charge < -0.3 is 20.6 Å². The zero-order chi connectivity index (χ0) is 15.5. The maximum atomic E-state index is 13.2. The lowest BCUT2D eigenvalue weighted by molar-refractivity contribution is -0.151. The van der Waals surface area contributed by atoms with Crippen LogP contribution in [0.2, 0.25) is 0 Å². The predicted molar refractivity (Wildman–Crippen MR) is 80.1 cm³/mol. The summed E-state index contributed by atoms with van der Waals surface area (Å²) in [5.41, 5.74) is 5.12. The number of nitrogens with two attached hydrogens (primary N) is 1. The van der Waals surface area contributed by atoms with Gasteiger partial charge in [-0.05, 0) is 26.7 Å². The number of hydrogen-bond acceptors (Lipinski definition) is 4. The Morgan fingerprint density at radius 2 is 1.90 bits per heavy atom. The van der Waals surface area contributed by atoms with E-state index in [-0.39, 0.29) is 23.9 Å². The molecule has 2 atom stereocenters. The van der Waals surface area contributed by atoms with E-state index in [9.17, 15) is 10.0 Å². The van der Waals surface area contributed by atoms with Crippen molar-refractivity contribution in [1.29, 1.82) is 0 Å². The van der Waals surface area contributed by atoms with Crippen molar-refractivity contribution in [1.82, 2.24) is 4.90 Å². The van der Waals surface area contributed by atoms with Crippen LogP contribution in [0.1, 0.15) is 52.4 Å². The van der Waals surface area contributed by atoms with Crippen LogP contribution in [-0.4, -0.2) is 47.1 Å². The van der Waals surface area contributed by atoms with Crippen LogP contribution in [0.3, 0.4) is 0 Å². The van der Waals surface area contributed by atoms with Gasteiger partial charge in [0.1, 0.15) is 5.41 Å². The van der Waals surface area contributed by atoms with Crippen molar-refractivity contribution in [2.24, 2.45) is 16.3 Å². The molecule has 1 saturated carbocycles. The lowest BCUT2D eigenvalue weighted by Gasteiger charge is -2.42. The average molecular weight is 297 g/mol. The topological polar surface area (TPSA) is 88.2 Å². The minimum Gasteiger partial charge on any atom is -0.409 e. The molecule has 0 aromatic heterocycles. The van der Waals surface area contributed by atoms with E-state index in [2.05, 4.69) is 5.16 Å². The van der Waals surface area contributed by atoms with Gasteiger partial charge in [0.25, 0.3) is 0 Å². The second-order valence-corrected chi connectivity index (χ2v) is 6.43. The number of carbonyl (C=O) groups excluding carboxylic acids is 1. The van der Waals surface area contributed by atoms with Crippen LogP contribution in [0.25, 0.3) is 0 Å². The van der Waals surface area contributed by atoms with Gasteiger partial charge in [-0.3, -0.25) is 4.79 Å². The number of ether oxygens (including phenoxy) is 1. The van der Waals surface area contributed by atoms with E-state index in [0.29, 0.717) is 26.0 Å². The molecular formula is C15H27N3O3. The molecule has 2 rings (SSSR count). The first-order chi connectivity index (χ1) is 10.0. The van der Waals surface area contributed by atoms with Crippen molar-refractivity contribution in [2.75, 3.05) is 13.2 Å². The molecule has 1 aliphatic carbocycles. The number of morpholine rings is 1. The minimum absolute atomic E-state index is 0.00218. The van der Waals surface area contributed by atoms with Gasteiger partial charge in [0.2, 0.25) is 5.91 Å². The summed E-state index contributed by atoms with van der Waals surface area (Å²) in [5, 5.41) is 12.4. The summed E-state index contributed by atoms with van der Waals surface area (Å²) in [6.45, 7) is 5.06. The van der Waals surface area contributed by atoms with Crippen molar-refractivity contribution >= 4 is 11.7 Å². The Morgan fingerprint density at radius 1 is 1.29 bits per heavy atom. The number of rotatable bonds is 2. The van der Waals surface area contributed by atoms with Gasteiger partial charge in [0.15, 0.2) is 5.84 Å². The zero-order valence-corrected chi connectivity index (χ0v) is 13.0. The van der Waals surface area contributed by atoms with E-state index < -0.39 is 5.41 Å². The van der Waals surface area contributed by atoms with Crippen molar-refractivity contribution in [3.8, 4) is 0 Å². The fourth-order valence-corrected chi connectivity index (χ4v) is 3.47. The van der Waals surface area contributed by atoms with E-state index in [4.69, 9.17) is 10.5 Å². The summed E-state index contributed by atoms with van der Waals surface area (Å²) >= 11 is 0. The van der Waals surface area contributed by atoms with Gasteiger partial charge in [0, 0.05) is 6.54 Å². The Kier molecular flexibility index (Phi) is 5.08. The first-order valence-corrected chi connectivity index (χ1v) is 7.92. The van der Waals surface area contributed by atoms with Crippen LogP contribution < -0.4 is 5.73 Å². The summed E-state index contributed by atoms with van der Waals surface area (Å²) < 4.78 is 5.60. The molecule has 0 radical (unpaired) electrons. The fourth-order valence-electron chi connectivity index (χ4n) is 3.47. The largest absolute Gasteiger partial charge is 0.409 e. The monoisotopic (exact) mass is 297 g/mol. The first kappa shape index (κ1) is 16.1. The molecule has 6 nitrogen and oxygen atoms in total. The van der Waals surface area contributed by atoms with E-state index in [1.54, 1.807) is 0 Å². The van der Waals surface area contributed by atoms with E-state index in [1.165, 1.54) is 0 Å². The first-order valence-electron chi connectivity index (χ1n) is 7.92. The molecule has 120 valence electrons. The summed E-state index contributed by atoms with van der Waals surface area (Å²) in [4.78, 5) is 15.0. The van der Waals surface area contributed by atoms with Crippen LogP contribution in [0, 0.1) is 5.41 Å². The molecule has 6 heteroatoms. The van der Waals surface area contributed by atoms with Crippen molar-refractivity contribution in [3.63, 3.8) is 0 Å². The number of hydrogen-bond donors (Lipinski definition) is 2. The Balaban J connectivity index is 2.29. The molecule has 2 aliphatic rings. The Bertz CT molecular complexity index is 403. The summed E-state index contributed by atoms with van der Waals surface area (Å²) in [6.07, 6.45) is 5.44. The van der Waals surface area contributed by atoms with Crippen LogP contribution in [0.15, 0.2) is 5.16 Å². The number of amidine groups is 1. The molecule has 0 aromatic carbocycles. The molecule has 1 heterocycles. The normalized spacial score (nSPS) is 30.8. The Hall–Kier alpha value is -1.30. The van der Waals surface area contributed by atoms with Crippen LogP contribution in [-0.2, 0) is 9.53 Å². The summed E-state index contributed by atoms with van der Waals surface area (Å²) in [7, 11) is 0. The Labute approximate surface area is 126 Å². The predicted octanol–water partition coefficient (Wildman–Crippen LogP) is 1.71. The highest BCUT2D eigenvalue weighted by molar-refractivity contribution is 6.06. The lowest BCUT2D eigenvalue weighted by Crippen LogP contribution is -2.58. The fraction of sp³-hybridized carbons (Fsp3) is 0.867. The van der Waals surface area contributed by atoms with Crippen molar-refractivity contribution < 1.29 is 14.7 Å². The SMILES string of the molecule is CC1CN(C(=O)C2(C(N)=NO)CCCCCC2)C(C)CO1. The molecule has 0 bridgehead atoms. The molecule has 1 saturated heterocycles. The van der Waals surface area contributed by atoms with Gasteiger partial charge in [-0.15, -0.1) is 0 Å². The minimum atomic E-state index is -0.837. The van der Waals surface area contributed by atoms with Gasteiger partial charge >= 0.3 is 0 Å². The van der Waals surface area contributed by atoms with Gasteiger partial charge in [-0.25, -0.2) is 0 Å². The summed E-state index contributed by atoms with van der Waals surface area (Å²) in [6, 6.07) is 0.0281. The van der Waals surface area contributed by atoms with E-state index >= 15 is 0 Å². The zero-order valence-electron chi connectivity index (χ0n) is 13.0. The molecule has 0 spiro atoms. The third-order valence-electron chi connectivity index (χ3n) is 4.83. The van der Waals surface area contributed by atoms with Gasteiger partial charge in [0.05, 0.1) is 18.8 Å². The smallest absolute Gasteiger partial charge is 0.236 e. The third kappa shape index (κ3) is 3.15. The number of oxime groups is 1. The quantitative estimate of drug-likeness (QED) is 0.267. The third-order valence-corrected chi connectivity index (χ3v) is 4.83. The van der Waals surface area contributed by atoms with E-state index in [1.807, 2.05) is 18.7 Å². The molecule has 2 fully saturated rings. The maximum absolute atomic E-state index is 13.2. The Morgan fingerprint density at radius 3 is 2.48 bits per heavy atom. The summed E-state index contributed by atoms with van der Waals surface area (Å²) in [5.74, 6) is 0.0723. The average Bonchev–Trinajstić information content (AvgIpc) is 2.75. The number of nitrogens with zero attached hydrogens (tertiary/aromatic N) is 2. The second kappa shape index (κ2) is 6.64.